The second-order valence-corrected chi connectivity index (χ2v) is 9.13. The quantitative estimate of drug-likeness (QED) is 0.392. The van der Waals surface area contributed by atoms with Crippen molar-refractivity contribution >= 4 is 28.9 Å². The largest absolute Gasteiger partial charge is 0.297 e. The highest BCUT2D eigenvalue weighted by atomic mass is 32.1. The van der Waals surface area contributed by atoms with Crippen molar-refractivity contribution in [1.82, 2.24) is 28.5 Å². The van der Waals surface area contributed by atoms with Gasteiger partial charge in [0.1, 0.15) is 0 Å². The first-order valence-electron chi connectivity index (χ1n) is 11.8. The van der Waals surface area contributed by atoms with Gasteiger partial charge in [-0.15, -0.1) is 5.10 Å². The average molecular weight is 463 g/mol. The van der Waals surface area contributed by atoms with Crippen LogP contribution in [0.5, 0.6) is 0 Å². The second-order valence-electron chi connectivity index (χ2n) is 8.77. The van der Waals surface area contributed by atoms with Gasteiger partial charge in [-0.2, -0.15) is 0 Å². The minimum absolute atomic E-state index is 0.00762. The van der Waals surface area contributed by atoms with Gasteiger partial charge in [-0.1, -0.05) is 55.8 Å². The molecule has 3 heterocycles. The van der Waals surface area contributed by atoms with Crippen LogP contribution in [-0.2, 0) is 19.8 Å². The molecular weight excluding hydrogens is 432 g/mol. The Morgan fingerprint density at radius 2 is 1.64 bits per heavy atom. The second kappa shape index (κ2) is 9.59. The summed E-state index contributed by atoms with van der Waals surface area (Å²) in [6, 6.07) is 18.3. The first-order chi connectivity index (χ1) is 16.2. The molecule has 0 saturated carbocycles. The lowest BCUT2D eigenvalue weighted by Gasteiger charge is -2.34. The van der Waals surface area contributed by atoms with E-state index in [0.717, 1.165) is 51.1 Å². The number of para-hydroxylation sites is 1. The third-order valence-corrected chi connectivity index (χ3v) is 6.86. The van der Waals surface area contributed by atoms with Gasteiger partial charge in [0, 0.05) is 39.3 Å². The average Bonchev–Trinajstić information content (AvgIpc) is 3.17. The number of hydrogen-bond acceptors (Lipinski definition) is 5. The van der Waals surface area contributed by atoms with Gasteiger partial charge in [-0.05, 0) is 36.3 Å². The standard InChI is InChI=1S/C25H30N6OS/c1-2-3-13-29-23(32)21-11-7-8-12-22(21)31-24(29)26-30(25(31)33)19-28-16-14-27(15-17-28)18-20-9-5-4-6-10-20/h4-12H,2-3,13-19H2,1H3. The number of hydrogen-bond donors (Lipinski definition) is 0. The van der Waals surface area contributed by atoms with Gasteiger partial charge < -0.3 is 0 Å². The Morgan fingerprint density at radius 3 is 2.39 bits per heavy atom. The molecule has 0 N–H and O–H groups in total. The minimum atomic E-state index is 0.00762. The Balaban J connectivity index is 1.40. The normalized spacial score (nSPS) is 15.5. The van der Waals surface area contributed by atoms with Crippen LogP contribution in [0.1, 0.15) is 25.3 Å². The van der Waals surface area contributed by atoms with E-state index >= 15 is 0 Å². The highest BCUT2D eigenvalue weighted by Crippen LogP contribution is 2.16. The van der Waals surface area contributed by atoms with E-state index in [1.807, 2.05) is 33.3 Å². The van der Waals surface area contributed by atoms with Crippen molar-refractivity contribution in [3.05, 3.63) is 75.3 Å². The van der Waals surface area contributed by atoms with Gasteiger partial charge in [-0.3, -0.25) is 23.6 Å². The summed E-state index contributed by atoms with van der Waals surface area (Å²) >= 11 is 5.86. The molecule has 0 bridgehead atoms. The molecule has 2 aromatic carbocycles. The maximum absolute atomic E-state index is 13.2. The highest BCUT2D eigenvalue weighted by molar-refractivity contribution is 7.71. The SMILES string of the molecule is CCCCn1c(=O)c2ccccc2n2c(=S)n(CN3CCN(Cc4ccccc4)CC3)nc12. The molecule has 0 spiro atoms. The molecule has 0 atom stereocenters. The van der Waals surface area contributed by atoms with Gasteiger partial charge in [0.25, 0.3) is 5.56 Å². The fourth-order valence-electron chi connectivity index (χ4n) is 4.60. The summed E-state index contributed by atoms with van der Waals surface area (Å²) < 4.78 is 6.27. The van der Waals surface area contributed by atoms with Crippen LogP contribution in [-0.4, -0.2) is 54.7 Å². The zero-order valence-corrected chi connectivity index (χ0v) is 19.9. The zero-order chi connectivity index (χ0) is 22.8. The summed E-state index contributed by atoms with van der Waals surface area (Å²) in [5.41, 5.74) is 2.19. The van der Waals surface area contributed by atoms with Crippen LogP contribution < -0.4 is 5.56 Å². The predicted molar refractivity (Wildman–Crippen MR) is 134 cm³/mol. The fourth-order valence-corrected chi connectivity index (χ4v) is 4.88. The topological polar surface area (TPSA) is 50.7 Å². The molecule has 1 aliphatic heterocycles. The molecule has 8 heteroatoms. The van der Waals surface area contributed by atoms with Gasteiger partial charge >= 0.3 is 0 Å². The number of aryl methyl sites for hydroxylation is 1. The van der Waals surface area contributed by atoms with Gasteiger partial charge in [0.05, 0.1) is 17.6 Å². The lowest BCUT2D eigenvalue weighted by atomic mass is 10.2. The van der Waals surface area contributed by atoms with E-state index in [1.54, 1.807) is 4.57 Å². The Kier molecular flexibility index (Phi) is 6.39. The predicted octanol–water partition coefficient (Wildman–Crippen LogP) is 3.76. The Labute approximate surface area is 198 Å². The number of piperazine rings is 1. The first-order valence-corrected chi connectivity index (χ1v) is 12.2. The monoisotopic (exact) mass is 462 g/mol. The van der Waals surface area contributed by atoms with Crippen LogP contribution in [0, 0.1) is 4.77 Å². The van der Waals surface area contributed by atoms with Crippen LogP contribution in [0.3, 0.4) is 0 Å². The van der Waals surface area contributed by atoms with E-state index in [-0.39, 0.29) is 5.56 Å². The van der Waals surface area contributed by atoms with E-state index in [1.165, 1.54) is 5.56 Å². The van der Waals surface area contributed by atoms with Crippen molar-refractivity contribution < 1.29 is 0 Å². The molecule has 1 fully saturated rings. The lowest BCUT2D eigenvalue weighted by Crippen LogP contribution is -2.46. The first kappa shape index (κ1) is 22.0. The molecular formula is C25H30N6OS. The molecule has 0 radical (unpaired) electrons. The van der Waals surface area contributed by atoms with Crippen molar-refractivity contribution in [3.8, 4) is 0 Å². The van der Waals surface area contributed by atoms with Crippen molar-refractivity contribution in [2.75, 3.05) is 26.2 Å². The van der Waals surface area contributed by atoms with E-state index < -0.39 is 0 Å². The van der Waals surface area contributed by atoms with E-state index in [2.05, 4.69) is 47.1 Å². The van der Waals surface area contributed by atoms with E-state index in [9.17, 15) is 4.79 Å². The number of nitrogens with zero attached hydrogens (tertiary/aromatic N) is 6. The van der Waals surface area contributed by atoms with E-state index in [0.29, 0.717) is 29.1 Å². The third kappa shape index (κ3) is 4.38. The number of fused-ring (bicyclic) bond motifs is 3. The number of benzene rings is 2. The molecule has 5 rings (SSSR count). The van der Waals surface area contributed by atoms with Crippen molar-refractivity contribution in [1.29, 1.82) is 0 Å². The van der Waals surface area contributed by atoms with Crippen LogP contribution >= 0.6 is 12.2 Å². The molecule has 0 amide bonds. The molecule has 2 aromatic heterocycles. The summed E-state index contributed by atoms with van der Waals surface area (Å²) in [5, 5.41) is 5.53. The Bertz CT molecular complexity index is 1360. The lowest BCUT2D eigenvalue weighted by molar-refractivity contribution is 0.0982. The van der Waals surface area contributed by atoms with Gasteiger partial charge in [-0.25, -0.2) is 4.68 Å². The Hall–Kier alpha value is -2.81. The summed E-state index contributed by atoms with van der Waals surface area (Å²) in [7, 11) is 0. The number of unbranched alkanes of at least 4 members (excludes halogenated alkanes) is 1. The zero-order valence-electron chi connectivity index (χ0n) is 19.1. The molecule has 33 heavy (non-hydrogen) atoms. The van der Waals surface area contributed by atoms with Crippen LogP contribution in [0.2, 0.25) is 0 Å². The molecule has 172 valence electrons. The molecule has 0 unspecified atom stereocenters. The smallest absolute Gasteiger partial charge is 0.262 e. The molecule has 7 nitrogen and oxygen atoms in total. The third-order valence-electron chi connectivity index (χ3n) is 6.47. The van der Waals surface area contributed by atoms with Crippen molar-refractivity contribution in [2.45, 2.75) is 39.5 Å². The molecule has 0 aliphatic carbocycles. The minimum Gasteiger partial charge on any atom is -0.297 e. The highest BCUT2D eigenvalue weighted by Gasteiger charge is 2.20. The maximum atomic E-state index is 13.2. The summed E-state index contributed by atoms with van der Waals surface area (Å²) in [6.45, 7) is 8.35. The number of aromatic nitrogens is 4. The Morgan fingerprint density at radius 1 is 0.939 bits per heavy atom. The number of rotatable bonds is 7. The summed E-state index contributed by atoms with van der Waals surface area (Å²) in [5.74, 6) is 0.639. The van der Waals surface area contributed by atoms with E-state index in [4.69, 9.17) is 17.3 Å². The maximum Gasteiger partial charge on any atom is 0.262 e. The van der Waals surface area contributed by atoms with Crippen LogP contribution in [0.4, 0.5) is 0 Å². The molecule has 4 aromatic rings. The van der Waals surface area contributed by atoms with Gasteiger partial charge in [0.15, 0.2) is 0 Å². The molecule has 1 saturated heterocycles. The fraction of sp³-hybridized carbons (Fsp3) is 0.400. The van der Waals surface area contributed by atoms with Crippen LogP contribution in [0.25, 0.3) is 16.7 Å². The van der Waals surface area contributed by atoms with Gasteiger partial charge in [0.2, 0.25) is 10.5 Å². The molecule has 1 aliphatic rings. The van der Waals surface area contributed by atoms with Crippen molar-refractivity contribution in [2.24, 2.45) is 0 Å². The van der Waals surface area contributed by atoms with Crippen molar-refractivity contribution in [3.63, 3.8) is 0 Å². The summed E-state index contributed by atoms with van der Waals surface area (Å²) in [6.07, 6.45) is 1.94. The summed E-state index contributed by atoms with van der Waals surface area (Å²) in [4.78, 5) is 18.1. The van der Waals surface area contributed by atoms with Crippen LogP contribution in [0.15, 0.2) is 59.4 Å².